The lowest BCUT2D eigenvalue weighted by Gasteiger charge is -2.07. The van der Waals surface area contributed by atoms with Gasteiger partial charge in [0.2, 0.25) is 0 Å². The number of nitrogens with zero attached hydrogens (tertiary/aromatic N) is 2. The predicted molar refractivity (Wildman–Crippen MR) is 86.3 cm³/mol. The summed E-state index contributed by atoms with van der Waals surface area (Å²) in [6, 6.07) is 8.06. The van der Waals surface area contributed by atoms with Crippen molar-refractivity contribution < 1.29 is 4.74 Å². The minimum Gasteiger partial charge on any atom is -0.494 e. The fourth-order valence-corrected chi connectivity index (χ4v) is 2.24. The Kier molecular flexibility index (Phi) is 6.72. The Morgan fingerprint density at radius 1 is 0.905 bits per heavy atom. The van der Waals surface area contributed by atoms with Crippen LogP contribution in [0.4, 0.5) is 0 Å². The van der Waals surface area contributed by atoms with Gasteiger partial charge in [-0.1, -0.05) is 39.0 Å². The van der Waals surface area contributed by atoms with E-state index in [9.17, 15) is 0 Å². The molecule has 0 aliphatic heterocycles. The summed E-state index contributed by atoms with van der Waals surface area (Å²) in [5.74, 6) is 0.927. The molecule has 0 saturated carbocycles. The van der Waals surface area contributed by atoms with Crippen LogP contribution in [0.2, 0.25) is 0 Å². The molecule has 3 nitrogen and oxygen atoms in total. The summed E-state index contributed by atoms with van der Waals surface area (Å²) in [7, 11) is 0. The number of rotatable bonds is 9. The molecule has 1 heterocycles. The first-order chi connectivity index (χ1) is 10.4. The molecule has 0 bridgehead atoms. The van der Waals surface area contributed by atoms with Crippen LogP contribution < -0.4 is 4.74 Å². The van der Waals surface area contributed by atoms with Crippen LogP contribution in [0.25, 0.3) is 11.3 Å². The average Bonchev–Trinajstić information content (AvgIpc) is 2.55. The van der Waals surface area contributed by atoms with Gasteiger partial charge in [0.1, 0.15) is 5.75 Å². The third-order valence-corrected chi connectivity index (χ3v) is 3.48. The summed E-state index contributed by atoms with van der Waals surface area (Å²) in [5.41, 5.74) is 1.95. The molecule has 0 radical (unpaired) electrons. The number of unbranched alkanes of at least 4 members (excludes halogenated alkanes) is 5. The summed E-state index contributed by atoms with van der Waals surface area (Å²) in [6.45, 7) is 3.05. The molecule has 3 heteroatoms. The molecule has 0 N–H and O–H groups in total. The van der Waals surface area contributed by atoms with Crippen molar-refractivity contribution in [2.45, 2.75) is 45.4 Å². The first-order valence-corrected chi connectivity index (χ1v) is 7.89. The van der Waals surface area contributed by atoms with Crippen LogP contribution in [0, 0.1) is 0 Å². The van der Waals surface area contributed by atoms with Gasteiger partial charge >= 0.3 is 0 Å². The zero-order valence-corrected chi connectivity index (χ0v) is 12.8. The first kappa shape index (κ1) is 15.5. The standard InChI is InChI=1S/C18H24N2O/c1-2-3-4-5-6-7-14-21-17-10-8-16(9-11-17)18-15-19-12-13-20-18/h8-13,15H,2-7,14H2,1H3. The average molecular weight is 284 g/mol. The van der Waals surface area contributed by atoms with Crippen LogP contribution in [0.15, 0.2) is 42.9 Å². The molecule has 0 amide bonds. The third kappa shape index (κ3) is 5.54. The number of hydrogen-bond acceptors (Lipinski definition) is 3. The van der Waals surface area contributed by atoms with Gasteiger partial charge in [0.25, 0.3) is 0 Å². The zero-order chi connectivity index (χ0) is 14.8. The molecule has 112 valence electrons. The Hall–Kier alpha value is -1.90. The quantitative estimate of drug-likeness (QED) is 0.615. The third-order valence-electron chi connectivity index (χ3n) is 3.48. The lowest BCUT2D eigenvalue weighted by Crippen LogP contribution is -1.97. The lowest BCUT2D eigenvalue weighted by atomic mass is 10.1. The van der Waals surface area contributed by atoms with Gasteiger partial charge in [-0.05, 0) is 30.7 Å². The maximum absolute atomic E-state index is 5.77. The summed E-state index contributed by atoms with van der Waals surface area (Å²) in [5, 5.41) is 0. The summed E-state index contributed by atoms with van der Waals surface area (Å²) >= 11 is 0. The molecule has 0 saturated heterocycles. The second kappa shape index (κ2) is 9.11. The van der Waals surface area contributed by atoms with Crippen LogP contribution in [-0.4, -0.2) is 16.6 Å². The van der Waals surface area contributed by atoms with Crippen LogP contribution >= 0.6 is 0 Å². The number of hydrogen-bond donors (Lipinski definition) is 0. The van der Waals surface area contributed by atoms with Gasteiger partial charge in [-0.25, -0.2) is 0 Å². The van der Waals surface area contributed by atoms with Crippen molar-refractivity contribution in [1.82, 2.24) is 9.97 Å². The van der Waals surface area contributed by atoms with E-state index in [0.717, 1.165) is 30.0 Å². The van der Waals surface area contributed by atoms with E-state index in [1.54, 1.807) is 18.6 Å². The monoisotopic (exact) mass is 284 g/mol. The van der Waals surface area contributed by atoms with Gasteiger partial charge in [0.15, 0.2) is 0 Å². The SMILES string of the molecule is CCCCCCCCOc1ccc(-c2cnccn2)cc1. The summed E-state index contributed by atoms with van der Waals surface area (Å²) in [4.78, 5) is 8.37. The fraction of sp³-hybridized carbons (Fsp3) is 0.444. The van der Waals surface area contributed by atoms with Crippen molar-refractivity contribution >= 4 is 0 Å². The van der Waals surface area contributed by atoms with E-state index < -0.39 is 0 Å². The molecule has 21 heavy (non-hydrogen) atoms. The van der Waals surface area contributed by atoms with Crippen LogP contribution in [0.3, 0.4) is 0 Å². The normalized spacial score (nSPS) is 10.5. The van der Waals surface area contributed by atoms with Crippen molar-refractivity contribution in [1.29, 1.82) is 0 Å². The van der Waals surface area contributed by atoms with Gasteiger partial charge < -0.3 is 4.74 Å². The second-order valence-electron chi connectivity index (χ2n) is 5.23. The first-order valence-electron chi connectivity index (χ1n) is 7.89. The molecule has 0 atom stereocenters. The van der Waals surface area contributed by atoms with E-state index in [1.165, 1.54) is 32.1 Å². The number of ether oxygens (including phenoxy) is 1. The molecule has 2 aromatic rings. The highest BCUT2D eigenvalue weighted by atomic mass is 16.5. The number of benzene rings is 1. The highest BCUT2D eigenvalue weighted by Gasteiger charge is 1.99. The molecular formula is C18H24N2O. The highest BCUT2D eigenvalue weighted by Crippen LogP contribution is 2.20. The van der Waals surface area contributed by atoms with Crippen molar-refractivity contribution in [3.63, 3.8) is 0 Å². The predicted octanol–water partition coefficient (Wildman–Crippen LogP) is 4.88. The molecule has 2 rings (SSSR count). The Morgan fingerprint density at radius 3 is 2.38 bits per heavy atom. The highest BCUT2D eigenvalue weighted by molar-refractivity contribution is 5.58. The van der Waals surface area contributed by atoms with Crippen LogP contribution in [0.5, 0.6) is 5.75 Å². The molecule has 1 aromatic carbocycles. The summed E-state index contributed by atoms with van der Waals surface area (Å²) < 4.78 is 5.77. The van der Waals surface area contributed by atoms with Crippen molar-refractivity contribution in [3.8, 4) is 17.0 Å². The van der Waals surface area contributed by atoms with E-state index >= 15 is 0 Å². The Labute approximate surface area is 127 Å². The fourth-order valence-electron chi connectivity index (χ4n) is 2.24. The van der Waals surface area contributed by atoms with Crippen molar-refractivity contribution in [2.24, 2.45) is 0 Å². The Bertz CT molecular complexity index is 496. The van der Waals surface area contributed by atoms with E-state index in [-0.39, 0.29) is 0 Å². The molecule has 0 spiro atoms. The molecule has 0 aliphatic carbocycles. The van der Waals surface area contributed by atoms with Gasteiger partial charge in [-0.3, -0.25) is 9.97 Å². The Balaban J connectivity index is 1.71. The summed E-state index contributed by atoms with van der Waals surface area (Å²) in [6.07, 6.45) is 12.9. The largest absolute Gasteiger partial charge is 0.494 e. The smallest absolute Gasteiger partial charge is 0.119 e. The minimum atomic E-state index is 0.802. The Morgan fingerprint density at radius 2 is 1.67 bits per heavy atom. The van der Waals surface area contributed by atoms with Gasteiger partial charge in [-0.15, -0.1) is 0 Å². The maximum Gasteiger partial charge on any atom is 0.119 e. The molecule has 0 aliphatic rings. The van der Waals surface area contributed by atoms with Crippen LogP contribution in [-0.2, 0) is 0 Å². The van der Waals surface area contributed by atoms with E-state index in [4.69, 9.17) is 4.74 Å². The van der Waals surface area contributed by atoms with E-state index in [0.29, 0.717) is 0 Å². The van der Waals surface area contributed by atoms with Gasteiger partial charge in [0.05, 0.1) is 18.5 Å². The zero-order valence-electron chi connectivity index (χ0n) is 12.8. The van der Waals surface area contributed by atoms with Gasteiger partial charge in [-0.2, -0.15) is 0 Å². The van der Waals surface area contributed by atoms with E-state index in [2.05, 4.69) is 16.9 Å². The lowest BCUT2D eigenvalue weighted by molar-refractivity contribution is 0.304. The minimum absolute atomic E-state index is 0.802. The van der Waals surface area contributed by atoms with Crippen molar-refractivity contribution in [2.75, 3.05) is 6.61 Å². The van der Waals surface area contributed by atoms with Crippen LogP contribution in [0.1, 0.15) is 45.4 Å². The molecule has 1 aromatic heterocycles. The molecule has 0 fully saturated rings. The second-order valence-corrected chi connectivity index (χ2v) is 5.23. The van der Waals surface area contributed by atoms with E-state index in [1.807, 2.05) is 24.3 Å². The maximum atomic E-state index is 5.77. The number of aromatic nitrogens is 2. The van der Waals surface area contributed by atoms with Crippen molar-refractivity contribution in [3.05, 3.63) is 42.9 Å². The molecular weight excluding hydrogens is 260 g/mol. The van der Waals surface area contributed by atoms with Gasteiger partial charge in [0, 0.05) is 18.0 Å². The topological polar surface area (TPSA) is 35.0 Å². The molecule has 0 unspecified atom stereocenters.